The summed E-state index contributed by atoms with van der Waals surface area (Å²) >= 11 is 1.62. The summed E-state index contributed by atoms with van der Waals surface area (Å²) in [7, 11) is 0. The third kappa shape index (κ3) is 2.28. The first-order valence-electron chi connectivity index (χ1n) is 5.19. The minimum atomic E-state index is -0.262. The highest BCUT2D eigenvalue weighted by atomic mass is 32.1. The van der Waals surface area contributed by atoms with Crippen molar-refractivity contribution in [3.05, 3.63) is 52.2 Å². The summed E-state index contributed by atoms with van der Waals surface area (Å²) in [6.07, 6.45) is 2.88. The molecule has 0 aliphatic carbocycles. The number of hydrogen-bond donors (Lipinski definition) is 1. The van der Waals surface area contributed by atoms with E-state index in [0.29, 0.717) is 5.56 Å². The molecule has 0 bridgehead atoms. The van der Waals surface area contributed by atoms with Gasteiger partial charge < -0.3 is 5.32 Å². The number of aromatic nitrogens is 1. The SMILES string of the molecule is CCNC(c1cccs1)c1ccncc1F. The van der Waals surface area contributed by atoms with Crippen molar-refractivity contribution in [2.24, 2.45) is 0 Å². The molecule has 16 heavy (non-hydrogen) atoms. The average Bonchev–Trinajstić information content (AvgIpc) is 2.80. The summed E-state index contributed by atoms with van der Waals surface area (Å²) in [6, 6.07) is 5.64. The zero-order chi connectivity index (χ0) is 11.4. The van der Waals surface area contributed by atoms with Crippen LogP contribution < -0.4 is 5.32 Å². The normalized spacial score (nSPS) is 12.6. The van der Waals surface area contributed by atoms with Crippen LogP contribution in [0.4, 0.5) is 4.39 Å². The zero-order valence-corrected chi connectivity index (χ0v) is 9.80. The van der Waals surface area contributed by atoms with Crippen molar-refractivity contribution < 1.29 is 4.39 Å². The lowest BCUT2D eigenvalue weighted by molar-refractivity contribution is 0.558. The molecule has 1 atom stereocenters. The van der Waals surface area contributed by atoms with Gasteiger partial charge in [0.25, 0.3) is 0 Å². The first-order chi connectivity index (χ1) is 7.83. The van der Waals surface area contributed by atoms with Crippen molar-refractivity contribution >= 4 is 11.3 Å². The van der Waals surface area contributed by atoms with Gasteiger partial charge in [0.2, 0.25) is 0 Å². The van der Waals surface area contributed by atoms with E-state index in [9.17, 15) is 4.39 Å². The van der Waals surface area contributed by atoms with Crippen molar-refractivity contribution in [2.75, 3.05) is 6.54 Å². The quantitative estimate of drug-likeness (QED) is 0.882. The highest BCUT2D eigenvalue weighted by Gasteiger charge is 2.17. The van der Waals surface area contributed by atoms with Gasteiger partial charge in [-0.25, -0.2) is 4.39 Å². The Kier molecular flexibility index (Phi) is 3.64. The Labute approximate surface area is 98.2 Å². The summed E-state index contributed by atoms with van der Waals surface area (Å²) in [5.74, 6) is -0.262. The molecule has 1 N–H and O–H groups in total. The molecular weight excluding hydrogens is 223 g/mol. The summed E-state index contributed by atoms with van der Waals surface area (Å²) in [5, 5.41) is 5.28. The van der Waals surface area contributed by atoms with E-state index in [1.165, 1.54) is 6.20 Å². The lowest BCUT2D eigenvalue weighted by Crippen LogP contribution is -2.22. The summed E-state index contributed by atoms with van der Waals surface area (Å²) in [5.41, 5.74) is 0.652. The van der Waals surface area contributed by atoms with Crippen LogP contribution in [0.1, 0.15) is 23.4 Å². The molecule has 0 aliphatic rings. The molecule has 0 fully saturated rings. The molecule has 0 radical (unpaired) electrons. The number of nitrogens with zero attached hydrogens (tertiary/aromatic N) is 1. The number of thiophene rings is 1. The maximum atomic E-state index is 13.7. The summed E-state index contributed by atoms with van der Waals surface area (Å²) < 4.78 is 13.7. The Hall–Kier alpha value is -1.26. The van der Waals surface area contributed by atoms with Crippen LogP contribution in [0.15, 0.2) is 36.0 Å². The van der Waals surface area contributed by atoms with Gasteiger partial charge in [-0.3, -0.25) is 4.98 Å². The predicted octanol–water partition coefficient (Wildman–Crippen LogP) is 2.98. The van der Waals surface area contributed by atoms with Crippen molar-refractivity contribution in [3.63, 3.8) is 0 Å². The predicted molar refractivity (Wildman–Crippen MR) is 64.0 cm³/mol. The molecule has 0 saturated carbocycles. The second-order valence-electron chi connectivity index (χ2n) is 3.40. The van der Waals surface area contributed by atoms with Crippen molar-refractivity contribution in [3.8, 4) is 0 Å². The molecule has 0 saturated heterocycles. The van der Waals surface area contributed by atoms with Crippen molar-refractivity contribution in [1.29, 1.82) is 0 Å². The minimum absolute atomic E-state index is 0.0759. The van der Waals surface area contributed by atoms with Crippen molar-refractivity contribution in [1.82, 2.24) is 10.3 Å². The maximum absolute atomic E-state index is 13.7. The Morgan fingerprint density at radius 2 is 2.38 bits per heavy atom. The Morgan fingerprint density at radius 1 is 1.50 bits per heavy atom. The molecule has 1 unspecified atom stereocenters. The van der Waals surface area contributed by atoms with E-state index in [-0.39, 0.29) is 11.9 Å². The lowest BCUT2D eigenvalue weighted by Gasteiger charge is -2.17. The van der Waals surface area contributed by atoms with Gasteiger partial charge in [-0.2, -0.15) is 0 Å². The van der Waals surface area contributed by atoms with Crippen LogP contribution in [0.25, 0.3) is 0 Å². The molecule has 0 aromatic carbocycles. The Balaban J connectivity index is 2.37. The van der Waals surface area contributed by atoms with Crippen LogP contribution in [0, 0.1) is 5.82 Å². The molecule has 4 heteroatoms. The summed E-state index contributed by atoms with van der Waals surface area (Å²) in [6.45, 7) is 2.81. The van der Waals surface area contributed by atoms with Crippen LogP contribution in [0.2, 0.25) is 0 Å². The van der Waals surface area contributed by atoms with Gasteiger partial charge in [-0.1, -0.05) is 13.0 Å². The van der Waals surface area contributed by atoms with E-state index in [4.69, 9.17) is 0 Å². The zero-order valence-electron chi connectivity index (χ0n) is 8.98. The fraction of sp³-hybridized carbons (Fsp3) is 0.250. The van der Waals surface area contributed by atoms with Gasteiger partial charge in [0.1, 0.15) is 5.82 Å². The van der Waals surface area contributed by atoms with Crippen LogP contribution in [0.5, 0.6) is 0 Å². The maximum Gasteiger partial charge on any atom is 0.146 e. The first kappa shape index (κ1) is 11.2. The highest BCUT2D eigenvalue weighted by Crippen LogP contribution is 2.27. The first-order valence-corrected chi connectivity index (χ1v) is 6.07. The van der Waals surface area contributed by atoms with Crippen LogP contribution >= 0.6 is 11.3 Å². The Bertz CT molecular complexity index is 442. The molecule has 2 heterocycles. The molecule has 84 valence electrons. The van der Waals surface area contributed by atoms with E-state index in [1.54, 1.807) is 23.6 Å². The van der Waals surface area contributed by atoms with Gasteiger partial charge in [0.15, 0.2) is 0 Å². The third-order valence-electron chi connectivity index (χ3n) is 2.35. The van der Waals surface area contributed by atoms with Crippen LogP contribution in [-0.2, 0) is 0 Å². The number of halogens is 1. The van der Waals surface area contributed by atoms with E-state index in [0.717, 1.165) is 11.4 Å². The summed E-state index contributed by atoms with van der Waals surface area (Å²) in [4.78, 5) is 4.89. The van der Waals surface area contributed by atoms with E-state index < -0.39 is 0 Å². The number of hydrogen-bond acceptors (Lipinski definition) is 3. The standard InChI is InChI=1S/C12H13FN2S/c1-2-15-12(11-4-3-7-16-11)9-5-6-14-8-10(9)13/h3-8,12,15H,2H2,1H3. The molecule has 2 nitrogen and oxygen atoms in total. The van der Waals surface area contributed by atoms with Gasteiger partial charge in [0.05, 0.1) is 12.2 Å². The number of rotatable bonds is 4. The molecule has 0 spiro atoms. The second kappa shape index (κ2) is 5.18. The second-order valence-corrected chi connectivity index (χ2v) is 4.38. The topological polar surface area (TPSA) is 24.9 Å². The largest absolute Gasteiger partial charge is 0.306 e. The van der Waals surface area contributed by atoms with Crippen molar-refractivity contribution in [2.45, 2.75) is 13.0 Å². The molecule has 2 rings (SSSR count). The van der Waals surface area contributed by atoms with Gasteiger partial charge in [-0.05, 0) is 24.1 Å². The van der Waals surface area contributed by atoms with Crippen LogP contribution in [0.3, 0.4) is 0 Å². The lowest BCUT2D eigenvalue weighted by atomic mass is 10.1. The molecule has 2 aromatic heterocycles. The van der Waals surface area contributed by atoms with Gasteiger partial charge in [0, 0.05) is 16.6 Å². The molecular formula is C12H13FN2S. The Morgan fingerprint density at radius 3 is 3.00 bits per heavy atom. The average molecular weight is 236 g/mol. The minimum Gasteiger partial charge on any atom is -0.306 e. The fourth-order valence-corrected chi connectivity index (χ4v) is 2.46. The monoisotopic (exact) mass is 236 g/mol. The number of nitrogens with one attached hydrogen (secondary N) is 1. The molecule has 0 amide bonds. The number of pyridine rings is 1. The van der Waals surface area contributed by atoms with E-state index in [2.05, 4.69) is 10.3 Å². The molecule has 0 aliphatic heterocycles. The van der Waals surface area contributed by atoms with Gasteiger partial charge in [-0.15, -0.1) is 11.3 Å². The van der Waals surface area contributed by atoms with Crippen LogP contribution in [-0.4, -0.2) is 11.5 Å². The van der Waals surface area contributed by atoms with E-state index in [1.807, 2.05) is 24.4 Å². The van der Waals surface area contributed by atoms with E-state index >= 15 is 0 Å². The third-order valence-corrected chi connectivity index (χ3v) is 3.29. The fourth-order valence-electron chi connectivity index (χ4n) is 1.64. The smallest absolute Gasteiger partial charge is 0.146 e. The molecule has 2 aromatic rings. The van der Waals surface area contributed by atoms with Gasteiger partial charge >= 0.3 is 0 Å². The highest BCUT2D eigenvalue weighted by molar-refractivity contribution is 7.10.